The fourth-order valence-corrected chi connectivity index (χ4v) is 3.67. The Hall–Kier alpha value is -0.730. The Bertz CT molecular complexity index is 705. The molecule has 6 nitrogen and oxygen atoms in total. The topological polar surface area (TPSA) is 66.9 Å². The number of sulfonamides is 1. The molecule has 1 amide bonds. The van der Waals surface area contributed by atoms with E-state index in [1.54, 1.807) is 4.90 Å². The normalized spacial score (nSPS) is 15.6. The SMILES string of the molecule is CS(=O)(=O)N(CC(=O)N1CCOCC1)c1cc(Cl)c(Cl)cc1Cl. The third kappa shape index (κ3) is 4.64. The van der Waals surface area contributed by atoms with E-state index in [1.165, 1.54) is 12.1 Å². The molecule has 1 aromatic carbocycles. The zero-order valence-electron chi connectivity index (χ0n) is 12.3. The Morgan fingerprint density at radius 3 is 2.30 bits per heavy atom. The van der Waals surface area contributed by atoms with Gasteiger partial charge >= 0.3 is 0 Å². The third-order valence-corrected chi connectivity index (χ3v) is 5.45. The Labute approximate surface area is 149 Å². The lowest BCUT2D eigenvalue weighted by Gasteiger charge is -2.30. The molecule has 0 bridgehead atoms. The van der Waals surface area contributed by atoms with Crippen molar-refractivity contribution in [2.75, 3.05) is 43.4 Å². The van der Waals surface area contributed by atoms with Gasteiger partial charge in [-0.1, -0.05) is 34.8 Å². The minimum atomic E-state index is -3.74. The number of anilines is 1. The maximum absolute atomic E-state index is 12.4. The Morgan fingerprint density at radius 1 is 1.17 bits per heavy atom. The van der Waals surface area contributed by atoms with Crippen LogP contribution in [0, 0.1) is 0 Å². The molecule has 1 aliphatic heterocycles. The van der Waals surface area contributed by atoms with E-state index in [0.717, 1.165) is 10.6 Å². The average Bonchev–Trinajstić information content (AvgIpc) is 2.48. The summed E-state index contributed by atoms with van der Waals surface area (Å²) in [4.78, 5) is 13.9. The van der Waals surface area contributed by atoms with Crippen LogP contribution in [0.5, 0.6) is 0 Å². The molecule has 128 valence electrons. The molecule has 23 heavy (non-hydrogen) atoms. The fraction of sp³-hybridized carbons (Fsp3) is 0.462. The van der Waals surface area contributed by atoms with Crippen LogP contribution in [0.4, 0.5) is 5.69 Å². The molecule has 10 heteroatoms. The summed E-state index contributed by atoms with van der Waals surface area (Å²) < 4.78 is 30.3. The first-order valence-corrected chi connectivity index (χ1v) is 9.66. The van der Waals surface area contributed by atoms with Crippen molar-refractivity contribution in [2.24, 2.45) is 0 Å². The average molecular weight is 402 g/mol. The quantitative estimate of drug-likeness (QED) is 0.726. The van der Waals surface area contributed by atoms with Gasteiger partial charge in [0, 0.05) is 13.1 Å². The summed E-state index contributed by atoms with van der Waals surface area (Å²) in [5, 5.41) is 0.450. The lowest BCUT2D eigenvalue weighted by molar-refractivity contribution is -0.133. The largest absolute Gasteiger partial charge is 0.378 e. The smallest absolute Gasteiger partial charge is 0.243 e. The molecule has 0 aliphatic carbocycles. The van der Waals surface area contributed by atoms with E-state index in [9.17, 15) is 13.2 Å². The van der Waals surface area contributed by atoms with Gasteiger partial charge in [-0.3, -0.25) is 9.10 Å². The molecule has 2 rings (SSSR count). The maximum Gasteiger partial charge on any atom is 0.243 e. The van der Waals surface area contributed by atoms with Gasteiger partial charge in [-0.15, -0.1) is 0 Å². The summed E-state index contributed by atoms with van der Waals surface area (Å²) in [6.07, 6.45) is 0.998. The summed E-state index contributed by atoms with van der Waals surface area (Å²) in [5.74, 6) is -0.333. The van der Waals surface area contributed by atoms with Crippen LogP contribution in [-0.2, 0) is 19.6 Å². The van der Waals surface area contributed by atoms with Crippen LogP contribution in [0.2, 0.25) is 15.1 Å². The molecular formula is C13H15Cl3N2O4S. The number of hydrogen-bond donors (Lipinski definition) is 0. The fourth-order valence-electron chi connectivity index (χ4n) is 2.12. The van der Waals surface area contributed by atoms with E-state index in [2.05, 4.69) is 0 Å². The van der Waals surface area contributed by atoms with Crippen molar-refractivity contribution in [3.05, 3.63) is 27.2 Å². The number of morpholine rings is 1. The predicted molar refractivity (Wildman–Crippen MR) is 91.1 cm³/mol. The van der Waals surface area contributed by atoms with Gasteiger partial charge in [-0.2, -0.15) is 0 Å². The molecule has 0 spiro atoms. The minimum absolute atomic E-state index is 0.0969. The highest BCUT2D eigenvalue weighted by Crippen LogP contribution is 2.35. The Kier molecular flexibility index (Phi) is 6.02. The Morgan fingerprint density at radius 2 is 1.74 bits per heavy atom. The zero-order chi connectivity index (χ0) is 17.2. The van der Waals surface area contributed by atoms with Crippen molar-refractivity contribution in [1.82, 2.24) is 4.90 Å². The van der Waals surface area contributed by atoms with Crippen LogP contribution in [-0.4, -0.2) is 58.3 Å². The summed E-state index contributed by atoms with van der Waals surface area (Å²) in [5.41, 5.74) is 0.116. The van der Waals surface area contributed by atoms with Crippen LogP contribution in [0.3, 0.4) is 0 Å². The van der Waals surface area contributed by atoms with Gasteiger partial charge in [0.15, 0.2) is 0 Å². The van der Waals surface area contributed by atoms with Gasteiger partial charge in [-0.05, 0) is 12.1 Å². The van der Waals surface area contributed by atoms with Crippen molar-refractivity contribution in [3.8, 4) is 0 Å². The van der Waals surface area contributed by atoms with Crippen LogP contribution in [0.25, 0.3) is 0 Å². The van der Waals surface area contributed by atoms with Crippen LogP contribution in [0.1, 0.15) is 0 Å². The highest BCUT2D eigenvalue weighted by molar-refractivity contribution is 7.92. The van der Waals surface area contributed by atoms with Gasteiger partial charge in [-0.25, -0.2) is 8.42 Å². The highest BCUT2D eigenvalue weighted by atomic mass is 35.5. The second-order valence-electron chi connectivity index (χ2n) is 4.98. The molecule has 1 aliphatic rings. The first-order chi connectivity index (χ1) is 10.7. The summed E-state index contributed by atoms with van der Waals surface area (Å²) in [6, 6.07) is 2.68. The molecule has 1 heterocycles. The van der Waals surface area contributed by atoms with Crippen LogP contribution >= 0.6 is 34.8 Å². The number of amides is 1. The summed E-state index contributed by atoms with van der Waals surface area (Å²) in [7, 11) is -3.74. The second-order valence-corrected chi connectivity index (χ2v) is 8.11. The van der Waals surface area contributed by atoms with Crippen LogP contribution in [0.15, 0.2) is 12.1 Å². The first-order valence-electron chi connectivity index (χ1n) is 6.68. The summed E-state index contributed by atoms with van der Waals surface area (Å²) in [6.45, 7) is 1.34. The molecule has 0 saturated carbocycles. The molecule has 0 atom stereocenters. The molecular weight excluding hydrogens is 387 g/mol. The molecule has 1 aromatic rings. The molecule has 1 saturated heterocycles. The number of hydrogen-bond acceptors (Lipinski definition) is 4. The molecule has 0 unspecified atom stereocenters. The van der Waals surface area contributed by atoms with E-state index >= 15 is 0 Å². The predicted octanol–water partition coefficient (Wildman–Crippen LogP) is 2.27. The minimum Gasteiger partial charge on any atom is -0.378 e. The maximum atomic E-state index is 12.4. The van der Waals surface area contributed by atoms with Gasteiger partial charge in [0.25, 0.3) is 0 Å². The number of halogens is 3. The molecule has 0 radical (unpaired) electrons. The number of carbonyl (C=O) groups is 1. The first kappa shape index (κ1) is 18.6. The lowest BCUT2D eigenvalue weighted by atomic mass is 10.3. The van der Waals surface area contributed by atoms with Gasteiger partial charge in [0.2, 0.25) is 15.9 Å². The van der Waals surface area contributed by atoms with Gasteiger partial charge in [0.1, 0.15) is 6.54 Å². The number of benzene rings is 1. The van der Waals surface area contributed by atoms with E-state index in [1.807, 2.05) is 0 Å². The number of ether oxygens (including phenoxy) is 1. The lowest BCUT2D eigenvalue weighted by Crippen LogP contribution is -2.47. The number of nitrogens with zero attached hydrogens (tertiary/aromatic N) is 2. The van der Waals surface area contributed by atoms with Crippen molar-refractivity contribution >= 4 is 56.4 Å². The molecule has 0 aromatic heterocycles. The van der Waals surface area contributed by atoms with E-state index in [0.29, 0.717) is 26.3 Å². The van der Waals surface area contributed by atoms with E-state index in [-0.39, 0.29) is 33.2 Å². The van der Waals surface area contributed by atoms with Crippen molar-refractivity contribution in [3.63, 3.8) is 0 Å². The van der Waals surface area contributed by atoms with Crippen LogP contribution < -0.4 is 4.31 Å². The molecule has 1 fully saturated rings. The second kappa shape index (κ2) is 7.44. The van der Waals surface area contributed by atoms with Crippen molar-refractivity contribution in [2.45, 2.75) is 0 Å². The standard InChI is InChI=1S/C13H15Cl3N2O4S/c1-23(20,21)18(8-13(19)17-2-4-22-5-3-17)12-7-10(15)9(14)6-11(12)16/h6-7H,2-5,8H2,1H3. The van der Waals surface area contributed by atoms with Crippen molar-refractivity contribution in [1.29, 1.82) is 0 Å². The van der Waals surface area contributed by atoms with E-state index < -0.39 is 10.0 Å². The van der Waals surface area contributed by atoms with Crippen molar-refractivity contribution < 1.29 is 17.9 Å². The van der Waals surface area contributed by atoms with E-state index in [4.69, 9.17) is 39.5 Å². The monoisotopic (exact) mass is 400 g/mol. The number of rotatable bonds is 4. The highest BCUT2D eigenvalue weighted by Gasteiger charge is 2.27. The molecule has 0 N–H and O–H groups in total. The third-order valence-electron chi connectivity index (χ3n) is 3.30. The van der Waals surface area contributed by atoms with Gasteiger partial charge in [0.05, 0.1) is 40.2 Å². The van der Waals surface area contributed by atoms with Gasteiger partial charge < -0.3 is 9.64 Å². The Balaban J connectivity index is 2.31. The number of carbonyl (C=O) groups excluding carboxylic acids is 1. The summed E-state index contributed by atoms with van der Waals surface area (Å²) >= 11 is 17.9. The zero-order valence-corrected chi connectivity index (χ0v) is 15.3.